The molecule has 1 unspecified atom stereocenters. The maximum atomic E-state index is 6.48. The first-order valence-electron chi connectivity index (χ1n) is 5.93. The van der Waals surface area contributed by atoms with E-state index in [1.807, 2.05) is 49.4 Å². The molecule has 2 rings (SSSR count). The molecule has 2 aromatic carbocycles. The van der Waals surface area contributed by atoms with Crippen molar-refractivity contribution in [3.05, 3.63) is 62.2 Å². The van der Waals surface area contributed by atoms with Crippen LogP contribution in [0, 0.1) is 3.57 Å². The van der Waals surface area contributed by atoms with E-state index in [0.29, 0.717) is 6.61 Å². The van der Waals surface area contributed by atoms with Crippen LogP contribution in [0.15, 0.2) is 42.5 Å². The van der Waals surface area contributed by atoms with Gasteiger partial charge in [0, 0.05) is 3.57 Å². The molecule has 0 bridgehead atoms. The van der Waals surface area contributed by atoms with Gasteiger partial charge in [0.15, 0.2) is 0 Å². The highest BCUT2D eigenvalue weighted by molar-refractivity contribution is 14.1. The van der Waals surface area contributed by atoms with Crippen molar-refractivity contribution in [2.45, 2.75) is 12.3 Å². The Morgan fingerprint density at radius 3 is 2.32 bits per heavy atom. The number of hydrogen-bond donors (Lipinski definition) is 0. The number of alkyl halides is 1. The minimum absolute atomic E-state index is 0.204. The van der Waals surface area contributed by atoms with E-state index < -0.39 is 0 Å². The molecular weight excluding hydrogens is 394 g/mol. The van der Waals surface area contributed by atoms with Crippen LogP contribution < -0.4 is 4.74 Å². The minimum Gasteiger partial charge on any atom is -0.494 e. The van der Waals surface area contributed by atoms with Gasteiger partial charge in [-0.1, -0.05) is 29.8 Å². The number of halogens is 3. The Bertz CT molecular complexity index is 555. The second-order valence-corrected chi connectivity index (χ2v) is 6.04. The van der Waals surface area contributed by atoms with E-state index in [0.717, 1.165) is 25.5 Å². The number of benzene rings is 2. The lowest BCUT2D eigenvalue weighted by molar-refractivity contribution is 0.340. The highest BCUT2D eigenvalue weighted by Crippen LogP contribution is 2.32. The maximum absolute atomic E-state index is 6.48. The SMILES string of the molecule is CCOc1ccc(C(Cl)c2ccc(I)c(Cl)c2)cc1. The molecule has 1 atom stereocenters. The van der Waals surface area contributed by atoms with Gasteiger partial charge in [-0.15, -0.1) is 11.6 Å². The second-order valence-electron chi connectivity index (χ2n) is 4.04. The van der Waals surface area contributed by atoms with Gasteiger partial charge in [-0.3, -0.25) is 0 Å². The predicted octanol–water partition coefficient (Wildman–Crippen LogP) is 5.67. The topological polar surface area (TPSA) is 9.23 Å². The zero-order chi connectivity index (χ0) is 13.8. The van der Waals surface area contributed by atoms with E-state index >= 15 is 0 Å². The molecule has 0 N–H and O–H groups in total. The summed E-state index contributed by atoms with van der Waals surface area (Å²) in [5.74, 6) is 0.857. The average molecular weight is 407 g/mol. The van der Waals surface area contributed by atoms with E-state index in [1.54, 1.807) is 0 Å². The maximum Gasteiger partial charge on any atom is 0.119 e. The molecule has 0 radical (unpaired) electrons. The number of ether oxygens (including phenoxy) is 1. The van der Waals surface area contributed by atoms with E-state index in [2.05, 4.69) is 22.6 Å². The lowest BCUT2D eigenvalue weighted by Crippen LogP contribution is -1.95. The fraction of sp³-hybridized carbons (Fsp3) is 0.200. The molecule has 0 spiro atoms. The Kier molecular flexibility index (Phi) is 5.37. The van der Waals surface area contributed by atoms with E-state index in [1.165, 1.54) is 0 Å². The highest BCUT2D eigenvalue weighted by atomic mass is 127. The monoisotopic (exact) mass is 406 g/mol. The summed E-state index contributed by atoms with van der Waals surface area (Å²) in [6, 6.07) is 13.7. The van der Waals surface area contributed by atoms with Crippen LogP contribution in [0.3, 0.4) is 0 Å². The molecule has 0 heterocycles. The van der Waals surface area contributed by atoms with Crippen molar-refractivity contribution in [1.29, 1.82) is 0 Å². The molecule has 4 heteroatoms. The molecular formula is C15H13Cl2IO. The van der Waals surface area contributed by atoms with Crippen LogP contribution in [0.4, 0.5) is 0 Å². The van der Waals surface area contributed by atoms with Crippen LogP contribution in [0.25, 0.3) is 0 Å². The zero-order valence-electron chi connectivity index (χ0n) is 10.4. The number of hydrogen-bond acceptors (Lipinski definition) is 1. The summed E-state index contributed by atoms with van der Waals surface area (Å²) in [6.07, 6.45) is 0. The summed E-state index contributed by atoms with van der Waals surface area (Å²) in [7, 11) is 0. The average Bonchev–Trinajstić information content (AvgIpc) is 2.42. The Morgan fingerprint density at radius 1 is 1.11 bits per heavy atom. The lowest BCUT2D eigenvalue weighted by Gasteiger charge is -2.12. The predicted molar refractivity (Wildman–Crippen MR) is 89.5 cm³/mol. The highest BCUT2D eigenvalue weighted by Gasteiger charge is 2.12. The third-order valence-electron chi connectivity index (χ3n) is 2.72. The smallest absolute Gasteiger partial charge is 0.119 e. The van der Waals surface area contributed by atoms with Gasteiger partial charge in [-0.2, -0.15) is 0 Å². The van der Waals surface area contributed by atoms with Crippen molar-refractivity contribution in [2.75, 3.05) is 6.61 Å². The molecule has 0 aromatic heterocycles. The zero-order valence-corrected chi connectivity index (χ0v) is 14.0. The van der Waals surface area contributed by atoms with Gasteiger partial charge in [0.1, 0.15) is 5.75 Å². The third-order valence-corrected chi connectivity index (χ3v) is 4.80. The fourth-order valence-corrected chi connectivity index (χ4v) is 2.57. The van der Waals surface area contributed by atoms with Crippen molar-refractivity contribution in [3.8, 4) is 5.75 Å². The van der Waals surface area contributed by atoms with E-state index in [9.17, 15) is 0 Å². The summed E-state index contributed by atoms with van der Waals surface area (Å²) in [6.45, 7) is 2.63. The van der Waals surface area contributed by atoms with Crippen molar-refractivity contribution in [1.82, 2.24) is 0 Å². The van der Waals surface area contributed by atoms with Crippen LogP contribution in [-0.2, 0) is 0 Å². The van der Waals surface area contributed by atoms with Gasteiger partial charge in [0.25, 0.3) is 0 Å². The van der Waals surface area contributed by atoms with Crippen molar-refractivity contribution < 1.29 is 4.74 Å². The summed E-state index contributed by atoms with van der Waals surface area (Å²) in [5.41, 5.74) is 2.03. The molecule has 2 aromatic rings. The van der Waals surface area contributed by atoms with Crippen molar-refractivity contribution >= 4 is 45.8 Å². The molecule has 0 aliphatic rings. The largest absolute Gasteiger partial charge is 0.494 e. The summed E-state index contributed by atoms with van der Waals surface area (Å²) >= 11 is 14.8. The van der Waals surface area contributed by atoms with Crippen LogP contribution in [-0.4, -0.2) is 6.61 Å². The Hall–Kier alpha value is -0.450. The minimum atomic E-state index is -0.204. The summed E-state index contributed by atoms with van der Waals surface area (Å²) in [5, 5.41) is 0.528. The van der Waals surface area contributed by atoms with Crippen molar-refractivity contribution in [2.24, 2.45) is 0 Å². The molecule has 0 saturated heterocycles. The Morgan fingerprint density at radius 2 is 1.74 bits per heavy atom. The van der Waals surface area contributed by atoms with Gasteiger partial charge in [-0.25, -0.2) is 0 Å². The first-order chi connectivity index (χ1) is 9.11. The third kappa shape index (κ3) is 3.77. The van der Waals surface area contributed by atoms with Crippen LogP contribution in [0.2, 0.25) is 5.02 Å². The van der Waals surface area contributed by atoms with Gasteiger partial charge in [0.2, 0.25) is 0 Å². The van der Waals surface area contributed by atoms with E-state index in [-0.39, 0.29) is 5.38 Å². The standard InChI is InChI=1S/C15H13Cl2IO/c1-2-19-12-6-3-10(4-7-12)15(17)11-5-8-14(18)13(16)9-11/h3-9,15H,2H2,1H3. The summed E-state index contributed by atoms with van der Waals surface area (Å²) < 4.78 is 6.44. The number of rotatable bonds is 4. The summed E-state index contributed by atoms with van der Waals surface area (Å²) in [4.78, 5) is 0. The molecule has 1 nitrogen and oxygen atoms in total. The molecule has 19 heavy (non-hydrogen) atoms. The Balaban J connectivity index is 2.22. The lowest BCUT2D eigenvalue weighted by atomic mass is 10.0. The first kappa shape index (κ1) is 14.9. The molecule has 0 fully saturated rings. The normalized spacial score (nSPS) is 12.2. The fourth-order valence-electron chi connectivity index (χ4n) is 1.76. The van der Waals surface area contributed by atoms with Crippen LogP contribution >= 0.6 is 45.8 Å². The van der Waals surface area contributed by atoms with Crippen LogP contribution in [0.5, 0.6) is 5.75 Å². The van der Waals surface area contributed by atoms with Gasteiger partial charge < -0.3 is 4.74 Å². The quantitative estimate of drug-likeness (QED) is 0.469. The molecule has 0 aliphatic heterocycles. The van der Waals surface area contributed by atoms with Gasteiger partial charge >= 0.3 is 0 Å². The van der Waals surface area contributed by atoms with Crippen LogP contribution in [0.1, 0.15) is 23.4 Å². The van der Waals surface area contributed by atoms with Gasteiger partial charge in [-0.05, 0) is 64.9 Å². The Labute approximate surface area is 137 Å². The second kappa shape index (κ2) is 6.82. The molecule has 0 aliphatic carbocycles. The van der Waals surface area contributed by atoms with E-state index in [4.69, 9.17) is 27.9 Å². The molecule has 100 valence electrons. The molecule has 0 saturated carbocycles. The molecule has 0 amide bonds. The van der Waals surface area contributed by atoms with Gasteiger partial charge in [0.05, 0.1) is 17.0 Å². The van der Waals surface area contributed by atoms with Crippen molar-refractivity contribution in [3.63, 3.8) is 0 Å². The first-order valence-corrected chi connectivity index (χ1v) is 7.83.